The summed E-state index contributed by atoms with van der Waals surface area (Å²) >= 11 is 0. The summed E-state index contributed by atoms with van der Waals surface area (Å²) in [5.74, 6) is -0.261. The van der Waals surface area contributed by atoms with E-state index >= 15 is 0 Å². The normalized spacial score (nSPS) is 16.9. The lowest BCUT2D eigenvalue weighted by molar-refractivity contribution is -0.122. The van der Waals surface area contributed by atoms with Gasteiger partial charge in [0, 0.05) is 11.4 Å². The first-order valence-corrected chi connectivity index (χ1v) is 7.87. The van der Waals surface area contributed by atoms with Crippen molar-refractivity contribution in [1.82, 2.24) is 0 Å². The zero-order chi connectivity index (χ0) is 18.0. The van der Waals surface area contributed by atoms with Crippen LogP contribution in [0.4, 0.5) is 21.5 Å². The van der Waals surface area contributed by atoms with Crippen LogP contribution in [0.15, 0.2) is 42.5 Å². The van der Waals surface area contributed by atoms with E-state index in [0.717, 1.165) is 0 Å². The molecule has 0 bridgehead atoms. The molecule has 2 amide bonds. The molecule has 1 heterocycles. The maximum absolute atomic E-state index is 12.9. The Hall–Kier alpha value is -3.09. The Labute approximate surface area is 144 Å². The number of halogens is 1. The van der Waals surface area contributed by atoms with Crippen molar-refractivity contribution in [2.24, 2.45) is 0 Å². The van der Waals surface area contributed by atoms with Gasteiger partial charge in [0.05, 0.1) is 5.69 Å². The molecule has 0 fully saturated rings. The van der Waals surface area contributed by atoms with Gasteiger partial charge in [-0.25, -0.2) is 4.39 Å². The van der Waals surface area contributed by atoms with E-state index in [9.17, 15) is 14.0 Å². The van der Waals surface area contributed by atoms with Gasteiger partial charge in [0.15, 0.2) is 6.10 Å². The predicted molar refractivity (Wildman–Crippen MR) is 93.3 cm³/mol. The minimum Gasteiger partial charge on any atom is -0.479 e. The molecule has 0 aliphatic carbocycles. The molecule has 2 aromatic rings. The summed E-state index contributed by atoms with van der Waals surface area (Å²) in [4.78, 5) is 23.9. The largest absolute Gasteiger partial charge is 0.479 e. The van der Waals surface area contributed by atoms with Crippen LogP contribution < -0.4 is 20.7 Å². The van der Waals surface area contributed by atoms with Crippen molar-refractivity contribution in [3.63, 3.8) is 0 Å². The van der Waals surface area contributed by atoms with Gasteiger partial charge < -0.3 is 20.7 Å². The van der Waals surface area contributed by atoms with Crippen LogP contribution in [-0.4, -0.2) is 24.0 Å². The van der Waals surface area contributed by atoms with Gasteiger partial charge in [-0.3, -0.25) is 9.59 Å². The predicted octanol–water partition coefficient (Wildman–Crippen LogP) is 2.98. The fourth-order valence-electron chi connectivity index (χ4n) is 2.40. The second-order valence-electron chi connectivity index (χ2n) is 5.82. The van der Waals surface area contributed by atoms with Crippen LogP contribution in [0.2, 0.25) is 0 Å². The van der Waals surface area contributed by atoms with E-state index in [1.807, 2.05) is 0 Å². The van der Waals surface area contributed by atoms with Crippen molar-refractivity contribution in [1.29, 1.82) is 0 Å². The fraction of sp³-hybridized carbons (Fsp3) is 0.222. The lowest BCUT2D eigenvalue weighted by atomic mass is 10.2. The highest BCUT2D eigenvalue weighted by atomic mass is 19.1. The summed E-state index contributed by atoms with van der Waals surface area (Å²) < 4.78 is 18.4. The average Bonchev–Trinajstić information content (AvgIpc) is 2.58. The number of anilines is 3. The van der Waals surface area contributed by atoms with Crippen molar-refractivity contribution in [3.05, 3.63) is 48.3 Å². The maximum atomic E-state index is 12.9. The monoisotopic (exact) mass is 343 g/mol. The summed E-state index contributed by atoms with van der Waals surface area (Å²) in [5.41, 5.74) is 1.73. The molecule has 3 N–H and O–H groups in total. The number of amides is 2. The molecule has 25 heavy (non-hydrogen) atoms. The summed E-state index contributed by atoms with van der Waals surface area (Å²) in [7, 11) is 0. The smallest absolute Gasteiger partial charge is 0.265 e. The Balaban J connectivity index is 1.65. The molecule has 0 radical (unpaired) electrons. The first-order chi connectivity index (χ1) is 11.9. The van der Waals surface area contributed by atoms with Gasteiger partial charge >= 0.3 is 0 Å². The first-order valence-electron chi connectivity index (χ1n) is 7.87. The molecule has 0 saturated heterocycles. The molecule has 3 rings (SSSR count). The Morgan fingerprint density at radius 1 is 1.20 bits per heavy atom. The van der Waals surface area contributed by atoms with Crippen LogP contribution in [0.3, 0.4) is 0 Å². The van der Waals surface area contributed by atoms with Crippen molar-refractivity contribution in [3.8, 4) is 5.75 Å². The Morgan fingerprint density at radius 3 is 2.60 bits per heavy atom. The van der Waals surface area contributed by atoms with Crippen molar-refractivity contribution in [2.75, 3.05) is 16.0 Å². The molecule has 2 aromatic carbocycles. The van der Waals surface area contributed by atoms with Gasteiger partial charge in [-0.1, -0.05) is 0 Å². The summed E-state index contributed by atoms with van der Waals surface area (Å²) in [6, 6.07) is 10.2. The number of rotatable bonds is 4. The van der Waals surface area contributed by atoms with Crippen LogP contribution in [-0.2, 0) is 9.59 Å². The molecule has 1 aliphatic heterocycles. The van der Waals surface area contributed by atoms with Gasteiger partial charge in [-0.2, -0.15) is 0 Å². The SMILES string of the molecule is C[C@@H](Nc1ccc2c(c1)NC(=O)[C@@H](C)O2)C(=O)Nc1ccc(F)cc1. The number of ether oxygens (including phenoxy) is 1. The van der Waals surface area contributed by atoms with E-state index in [-0.39, 0.29) is 17.6 Å². The van der Waals surface area contributed by atoms with Crippen LogP contribution in [0.25, 0.3) is 0 Å². The maximum Gasteiger partial charge on any atom is 0.265 e. The molecular weight excluding hydrogens is 325 g/mol. The van der Waals surface area contributed by atoms with E-state index in [4.69, 9.17) is 4.74 Å². The Bertz CT molecular complexity index is 808. The highest BCUT2D eigenvalue weighted by Gasteiger charge is 2.24. The van der Waals surface area contributed by atoms with Gasteiger partial charge in [-0.15, -0.1) is 0 Å². The average molecular weight is 343 g/mol. The Morgan fingerprint density at radius 2 is 1.88 bits per heavy atom. The number of nitrogens with one attached hydrogen (secondary N) is 3. The van der Waals surface area contributed by atoms with E-state index in [2.05, 4.69) is 16.0 Å². The quantitative estimate of drug-likeness (QED) is 0.797. The van der Waals surface area contributed by atoms with E-state index in [0.29, 0.717) is 22.8 Å². The molecule has 0 saturated carbocycles. The number of carbonyl (C=O) groups excluding carboxylic acids is 2. The molecule has 0 spiro atoms. The number of fused-ring (bicyclic) bond motifs is 1. The summed E-state index contributed by atoms with van der Waals surface area (Å²) in [6.07, 6.45) is -0.535. The van der Waals surface area contributed by atoms with Crippen LogP contribution in [0.1, 0.15) is 13.8 Å². The molecule has 0 unspecified atom stereocenters. The standard InChI is InChI=1S/C18H18FN3O3/c1-10(17(23)21-13-5-3-12(19)4-6-13)20-14-7-8-16-15(9-14)22-18(24)11(2)25-16/h3-11,20H,1-2H3,(H,21,23)(H,22,24)/t10-,11-/m1/s1. The lowest BCUT2D eigenvalue weighted by Crippen LogP contribution is -2.34. The minimum absolute atomic E-state index is 0.216. The van der Waals surface area contributed by atoms with E-state index < -0.39 is 12.1 Å². The van der Waals surface area contributed by atoms with Gasteiger partial charge in [0.25, 0.3) is 5.91 Å². The van der Waals surface area contributed by atoms with E-state index in [1.54, 1.807) is 32.0 Å². The number of hydrogen-bond acceptors (Lipinski definition) is 4. The second-order valence-corrected chi connectivity index (χ2v) is 5.82. The molecular formula is C18H18FN3O3. The number of benzene rings is 2. The zero-order valence-electron chi connectivity index (χ0n) is 13.8. The molecule has 6 nitrogen and oxygen atoms in total. The minimum atomic E-state index is -0.540. The van der Waals surface area contributed by atoms with Crippen LogP contribution in [0.5, 0.6) is 5.75 Å². The summed E-state index contributed by atoms with van der Waals surface area (Å²) in [6.45, 7) is 3.38. The lowest BCUT2D eigenvalue weighted by Gasteiger charge is -2.24. The molecule has 130 valence electrons. The van der Waals surface area contributed by atoms with Crippen LogP contribution in [0, 0.1) is 5.82 Å². The van der Waals surface area contributed by atoms with Crippen molar-refractivity contribution < 1.29 is 18.7 Å². The van der Waals surface area contributed by atoms with Gasteiger partial charge in [-0.05, 0) is 56.3 Å². The third kappa shape index (κ3) is 3.88. The van der Waals surface area contributed by atoms with Gasteiger partial charge in [0.2, 0.25) is 5.91 Å². The highest BCUT2D eigenvalue weighted by Crippen LogP contribution is 2.32. The highest BCUT2D eigenvalue weighted by molar-refractivity contribution is 5.99. The van der Waals surface area contributed by atoms with E-state index in [1.165, 1.54) is 24.3 Å². The fourth-order valence-corrected chi connectivity index (χ4v) is 2.40. The summed E-state index contributed by atoms with van der Waals surface area (Å²) in [5, 5.41) is 8.52. The topological polar surface area (TPSA) is 79.5 Å². The van der Waals surface area contributed by atoms with Crippen molar-refractivity contribution >= 4 is 28.9 Å². The zero-order valence-corrected chi connectivity index (χ0v) is 13.8. The third-order valence-corrected chi connectivity index (χ3v) is 3.80. The Kier molecular flexibility index (Phi) is 4.56. The molecule has 1 aliphatic rings. The number of carbonyl (C=O) groups is 2. The van der Waals surface area contributed by atoms with Crippen molar-refractivity contribution in [2.45, 2.75) is 26.0 Å². The number of hydrogen-bond donors (Lipinski definition) is 3. The second kappa shape index (κ2) is 6.80. The third-order valence-electron chi connectivity index (χ3n) is 3.80. The molecule has 2 atom stereocenters. The van der Waals surface area contributed by atoms with Crippen LogP contribution >= 0.6 is 0 Å². The first kappa shape index (κ1) is 16.8. The molecule has 0 aromatic heterocycles. The van der Waals surface area contributed by atoms with Gasteiger partial charge in [0.1, 0.15) is 17.6 Å². The molecule has 7 heteroatoms.